The fourth-order valence-corrected chi connectivity index (χ4v) is 14.5. The zero-order chi connectivity index (χ0) is 63.1. The standard InChI is InChI=1S/C28H32ClN5O3.C28H31ClN4O3.C12H12NO2P.2CH4/c1-18-15-33(19(2)14-32(18)16-20-8-4-3-5-9-20)27(36)22-12-21-23(17-34(30)25(21)13-24(22)29)26(35)28(37)31-10-6-7-11-31;1-18-16-33(19(2)15-32(18)17-20-8-4-3-5-9-20)27(35)22-12-21-23(14-30-25(21)13-24(22)29)26(34)28(36)31-10-6-7-11-31;13-15-16(14,11-7-3-1-4-8-11)12-9-5-2-6-10-12;;/h3-5,8-9,12-13,17-19H,6-7,10-11,14-16,30H2,1-2H3;3-5,8-9,12-14,18-19,30H,6-7,10-11,15-17H2,1-2H3;1-10H,13H2;2*1H4/t2*18-,19+;;;/m00.../s1. The monoisotopic (exact) mass is 1290 g/mol. The maximum absolute atomic E-state index is 13.7. The molecule has 5 N–H and O–H groups in total. The summed E-state index contributed by atoms with van der Waals surface area (Å²) in [5.41, 5.74) is 4.73. The lowest BCUT2D eigenvalue weighted by atomic mass is 10.0. The smallest absolute Gasteiger partial charge is 0.295 e. The predicted octanol–water partition coefficient (Wildman–Crippen LogP) is 11.0. The summed E-state index contributed by atoms with van der Waals surface area (Å²) in [5, 5.41) is 2.79. The predicted molar refractivity (Wildman–Crippen MR) is 363 cm³/mol. The first-order valence-corrected chi connectivity index (χ1v) is 32.6. The van der Waals surface area contributed by atoms with E-state index in [1.54, 1.807) is 64.5 Å². The Labute approximate surface area is 543 Å². The Morgan fingerprint density at radius 2 is 0.923 bits per heavy atom. The van der Waals surface area contributed by atoms with Crippen molar-refractivity contribution in [2.45, 2.75) is 105 Å². The van der Waals surface area contributed by atoms with E-state index < -0.39 is 30.7 Å². The molecule has 8 aromatic rings. The van der Waals surface area contributed by atoms with Crippen LogP contribution in [0.15, 0.2) is 158 Å². The van der Waals surface area contributed by atoms with Gasteiger partial charge >= 0.3 is 0 Å². The summed E-state index contributed by atoms with van der Waals surface area (Å²) in [6.45, 7) is 15.0. The van der Waals surface area contributed by atoms with E-state index in [1.807, 2.05) is 96.4 Å². The second-order valence-corrected chi connectivity index (χ2v) is 26.7. The summed E-state index contributed by atoms with van der Waals surface area (Å²) in [5.74, 6) is 8.76. The lowest BCUT2D eigenvalue weighted by molar-refractivity contribution is -0.126. The molecule has 0 radical (unpaired) electrons. The van der Waals surface area contributed by atoms with Crippen molar-refractivity contribution in [1.82, 2.24) is 39.1 Å². The molecule has 4 saturated heterocycles. The first-order chi connectivity index (χ1) is 42.8. The number of nitrogens with one attached hydrogen (secondary N) is 1. The average Bonchev–Trinajstić information content (AvgIpc) is 1.73. The second kappa shape index (κ2) is 30.5. The van der Waals surface area contributed by atoms with Crippen LogP contribution in [0.2, 0.25) is 10.0 Å². The van der Waals surface area contributed by atoms with Crippen LogP contribution in [0.3, 0.4) is 0 Å². The average molecular weight is 1290 g/mol. The summed E-state index contributed by atoms with van der Waals surface area (Å²) >= 11 is 13.1. The molecule has 91 heavy (non-hydrogen) atoms. The topological polar surface area (TPSA) is 221 Å². The fraction of sp³-hybridized carbons (Fsp3) is 0.343. The Balaban J connectivity index is 0.000000187. The molecule has 0 unspecified atom stereocenters. The van der Waals surface area contributed by atoms with Gasteiger partial charge in [0.25, 0.3) is 42.6 Å². The van der Waals surface area contributed by atoms with Crippen LogP contribution in [0.25, 0.3) is 21.8 Å². The van der Waals surface area contributed by atoms with E-state index >= 15 is 0 Å². The third-order valence-electron chi connectivity index (χ3n) is 17.4. The number of hydrogen-bond acceptors (Lipinski definition) is 12. The third kappa shape index (κ3) is 15.2. The minimum atomic E-state index is -3.13. The van der Waals surface area contributed by atoms with E-state index in [4.69, 9.17) is 39.6 Å². The van der Waals surface area contributed by atoms with Crippen molar-refractivity contribution < 1.29 is 38.0 Å². The number of halogens is 2. The number of nitrogens with two attached hydrogens (primary N) is 2. The summed E-state index contributed by atoms with van der Waals surface area (Å²) in [7, 11) is -3.13. The number of rotatable bonds is 13. The van der Waals surface area contributed by atoms with Crippen LogP contribution >= 0.6 is 30.6 Å². The van der Waals surface area contributed by atoms with E-state index in [0.717, 1.165) is 51.9 Å². The molecule has 0 bridgehead atoms. The molecule has 18 nitrogen and oxygen atoms in total. The number of benzene rings is 6. The van der Waals surface area contributed by atoms with Gasteiger partial charge in [-0.1, -0.05) is 135 Å². The summed E-state index contributed by atoms with van der Waals surface area (Å²) < 4.78 is 18.7. The number of aromatic amines is 1. The van der Waals surface area contributed by atoms with Crippen molar-refractivity contribution in [2.75, 3.05) is 58.2 Å². The highest BCUT2D eigenvalue weighted by Gasteiger charge is 2.37. The highest BCUT2D eigenvalue weighted by molar-refractivity contribution is 7.74. The minimum Gasteiger partial charge on any atom is -0.360 e. The van der Waals surface area contributed by atoms with Gasteiger partial charge in [0.15, 0.2) is 0 Å². The first kappa shape index (κ1) is 69.0. The van der Waals surface area contributed by atoms with Crippen molar-refractivity contribution in [3.8, 4) is 0 Å². The van der Waals surface area contributed by atoms with Crippen molar-refractivity contribution in [2.24, 2.45) is 5.90 Å². The Bertz CT molecular complexity index is 3870. The van der Waals surface area contributed by atoms with Gasteiger partial charge in [-0.3, -0.25) is 47.8 Å². The fourth-order valence-electron chi connectivity index (χ4n) is 12.3. The van der Waals surface area contributed by atoms with Gasteiger partial charge in [-0.25, -0.2) is 10.5 Å². The molecule has 6 heterocycles. The number of carbonyl (C=O) groups excluding carboxylic acids is 6. The van der Waals surface area contributed by atoms with Crippen LogP contribution < -0.4 is 22.3 Å². The molecule has 21 heteroatoms. The number of amides is 4. The lowest BCUT2D eigenvalue weighted by Gasteiger charge is -2.44. The van der Waals surface area contributed by atoms with Crippen LogP contribution in [0.4, 0.5) is 0 Å². The molecule has 0 spiro atoms. The Kier molecular flexibility index (Phi) is 23.1. The normalized spacial score (nSPS) is 18.5. The summed E-state index contributed by atoms with van der Waals surface area (Å²) in [6.07, 6.45) is 6.59. The van der Waals surface area contributed by atoms with Gasteiger partial charge in [-0.15, -0.1) is 0 Å². The van der Waals surface area contributed by atoms with Gasteiger partial charge in [0.2, 0.25) is 0 Å². The number of nitrogen functional groups attached to an aromatic ring is 1. The molecule has 4 atom stereocenters. The van der Waals surface area contributed by atoms with Gasteiger partial charge in [-0.05, 0) is 113 Å². The number of H-pyrrole nitrogens is 1. The second-order valence-electron chi connectivity index (χ2n) is 23.5. The number of hydrogen-bond donors (Lipinski definition) is 3. The zero-order valence-electron chi connectivity index (χ0n) is 50.5. The van der Waals surface area contributed by atoms with E-state index in [0.29, 0.717) is 87.8 Å². The molecule has 0 saturated carbocycles. The number of fused-ring (bicyclic) bond motifs is 2. The van der Waals surface area contributed by atoms with Crippen molar-refractivity contribution in [1.29, 1.82) is 0 Å². The number of carbonyl (C=O) groups is 6. The van der Waals surface area contributed by atoms with Gasteiger partial charge in [0, 0.05) is 129 Å². The molecule has 4 aliphatic heterocycles. The zero-order valence-corrected chi connectivity index (χ0v) is 52.9. The molecule has 6 aromatic carbocycles. The van der Waals surface area contributed by atoms with E-state index in [9.17, 15) is 33.3 Å². The van der Waals surface area contributed by atoms with E-state index in [-0.39, 0.29) is 67.0 Å². The number of ketones is 2. The highest BCUT2D eigenvalue weighted by atomic mass is 35.5. The van der Waals surface area contributed by atoms with Crippen LogP contribution in [0, 0.1) is 0 Å². The maximum atomic E-state index is 13.7. The SMILES string of the molecule is C.C.C[C@@H]1CN(Cc2ccccc2)[C@@H](C)CN1C(=O)c1cc2c(C(=O)C(=O)N3CCCC3)c[nH]c2cc1Cl.C[C@@H]1CN(Cc2ccccc2)[C@@H](C)CN1C(=O)c1cc2c(C(=O)C(=O)N3CCCC3)cn(N)c2cc1Cl.NOP(=O)(c1ccccc1)c1ccccc1. The number of piperazine rings is 2. The number of nitrogens with zero attached hydrogens (tertiary/aromatic N) is 7. The minimum absolute atomic E-state index is 0. The first-order valence-electron chi connectivity index (χ1n) is 30.2. The van der Waals surface area contributed by atoms with E-state index in [1.165, 1.54) is 22.0 Å². The molecular formula is C70H83Cl2N10O8P. The molecule has 4 aliphatic rings. The third-order valence-corrected chi connectivity index (χ3v) is 20.2. The van der Waals surface area contributed by atoms with Gasteiger partial charge in [0.05, 0.1) is 37.8 Å². The van der Waals surface area contributed by atoms with Crippen molar-refractivity contribution in [3.05, 3.63) is 201 Å². The summed E-state index contributed by atoms with van der Waals surface area (Å²) in [6, 6.07) is 45.4. The molecule has 2 aromatic heterocycles. The Morgan fingerprint density at radius 1 is 0.527 bits per heavy atom. The van der Waals surface area contributed by atoms with Crippen molar-refractivity contribution in [3.63, 3.8) is 0 Å². The van der Waals surface area contributed by atoms with Gasteiger partial charge < -0.3 is 30.4 Å². The van der Waals surface area contributed by atoms with E-state index in [2.05, 4.69) is 52.9 Å². The molecule has 12 rings (SSSR count). The molecular weight excluding hydrogens is 1210 g/mol. The number of likely N-dealkylation sites (tertiary alicyclic amines) is 2. The van der Waals surface area contributed by atoms with Crippen LogP contribution in [-0.4, -0.2) is 151 Å². The van der Waals surface area contributed by atoms with Crippen LogP contribution in [0.1, 0.15) is 121 Å². The maximum Gasteiger partial charge on any atom is 0.295 e. The van der Waals surface area contributed by atoms with Crippen LogP contribution in [0.5, 0.6) is 0 Å². The molecule has 4 amide bonds. The summed E-state index contributed by atoms with van der Waals surface area (Å²) in [4.78, 5) is 93.7. The van der Waals surface area contributed by atoms with Gasteiger partial charge in [-0.2, -0.15) is 0 Å². The van der Waals surface area contributed by atoms with Gasteiger partial charge in [0.1, 0.15) is 0 Å². The molecule has 480 valence electrons. The molecule has 0 aliphatic carbocycles. The Hall–Kier alpha value is -7.93. The van der Waals surface area contributed by atoms with Crippen LogP contribution in [-0.2, 0) is 31.9 Å². The Morgan fingerprint density at radius 3 is 1.35 bits per heavy atom. The largest absolute Gasteiger partial charge is 0.360 e. The quantitative estimate of drug-likeness (QED) is 0.0323. The lowest BCUT2D eigenvalue weighted by Crippen LogP contribution is -2.57. The van der Waals surface area contributed by atoms with Crippen molar-refractivity contribution >= 4 is 98.2 Å². The molecule has 4 fully saturated rings. The number of Topliss-reactive ketones (excluding diaryl/α,β-unsaturated/α-hetero) is 2. The highest BCUT2D eigenvalue weighted by Crippen LogP contribution is 2.42. The number of aromatic nitrogens is 2.